The molecule has 1 aliphatic heterocycles. The first kappa shape index (κ1) is 13.8. The standard InChI is InChI=1S/C13H17BrINO/c1-16-13(9-4-6-17-7-5-9)11-8-10(15)2-3-12(11)14/h2-3,8-9,13,16H,4-7H2,1H3. The Morgan fingerprint density at radius 1 is 1.41 bits per heavy atom. The Balaban J connectivity index is 2.24. The van der Waals surface area contributed by atoms with Crippen molar-refractivity contribution >= 4 is 38.5 Å². The van der Waals surface area contributed by atoms with Crippen LogP contribution in [0.3, 0.4) is 0 Å². The van der Waals surface area contributed by atoms with Gasteiger partial charge in [-0.2, -0.15) is 0 Å². The largest absolute Gasteiger partial charge is 0.381 e. The van der Waals surface area contributed by atoms with Crippen LogP contribution in [0.2, 0.25) is 0 Å². The molecule has 17 heavy (non-hydrogen) atoms. The summed E-state index contributed by atoms with van der Waals surface area (Å²) in [5.74, 6) is 0.670. The Morgan fingerprint density at radius 3 is 2.76 bits per heavy atom. The highest BCUT2D eigenvalue weighted by atomic mass is 127. The fraction of sp³-hybridized carbons (Fsp3) is 0.538. The molecule has 1 saturated heterocycles. The molecular weight excluding hydrogens is 393 g/mol. The van der Waals surface area contributed by atoms with Crippen LogP contribution in [0.15, 0.2) is 22.7 Å². The second-order valence-corrected chi connectivity index (χ2v) is 6.48. The first-order chi connectivity index (χ1) is 8.22. The zero-order valence-electron chi connectivity index (χ0n) is 9.88. The molecule has 0 amide bonds. The summed E-state index contributed by atoms with van der Waals surface area (Å²) in [5.41, 5.74) is 1.37. The lowest BCUT2D eigenvalue weighted by Gasteiger charge is -2.31. The van der Waals surface area contributed by atoms with E-state index in [2.05, 4.69) is 62.0 Å². The molecule has 0 radical (unpaired) electrons. The van der Waals surface area contributed by atoms with Gasteiger partial charge in [0.05, 0.1) is 0 Å². The molecule has 1 heterocycles. The average Bonchev–Trinajstić information content (AvgIpc) is 2.36. The van der Waals surface area contributed by atoms with E-state index in [-0.39, 0.29) is 0 Å². The highest BCUT2D eigenvalue weighted by molar-refractivity contribution is 14.1. The van der Waals surface area contributed by atoms with Crippen molar-refractivity contribution in [1.82, 2.24) is 5.32 Å². The summed E-state index contributed by atoms with van der Waals surface area (Å²) >= 11 is 6.03. The Morgan fingerprint density at radius 2 is 2.12 bits per heavy atom. The number of ether oxygens (including phenoxy) is 1. The smallest absolute Gasteiger partial charge is 0.0469 e. The van der Waals surface area contributed by atoms with Gasteiger partial charge in [-0.15, -0.1) is 0 Å². The van der Waals surface area contributed by atoms with E-state index in [9.17, 15) is 0 Å². The number of hydrogen-bond acceptors (Lipinski definition) is 2. The summed E-state index contributed by atoms with van der Waals surface area (Å²) in [6, 6.07) is 6.95. The average molecular weight is 410 g/mol. The minimum absolute atomic E-state index is 0.419. The zero-order chi connectivity index (χ0) is 12.3. The van der Waals surface area contributed by atoms with E-state index in [1.54, 1.807) is 0 Å². The van der Waals surface area contributed by atoms with Crippen LogP contribution in [0.25, 0.3) is 0 Å². The molecule has 4 heteroatoms. The Bertz CT molecular complexity index is 380. The summed E-state index contributed by atoms with van der Waals surface area (Å²) in [7, 11) is 2.05. The molecule has 0 spiro atoms. The molecular formula is C13H17BrINO. The van der Waals surface area contributed by atoms with Crippen molar-refractivity contribution in [1.29, 1.82) is 0 Å². The molecule has 0 aromatic heterocycles. The quantitative estimate of drug-likeness (QED) is 0.767. The molecule has 0 saturated carbocycles. The number of halogens is 2. The van der Waals surface area contributed by atoms with Gasteiger partial charge >= 0.3 is 0 Å². The van der Waals surface area contributed by atoms with Crippen molar-refractivity contribution < 1.29 is 4.74 Å². The second kappa shape index (κ2) is 6.50. The second-order valence-electron chi connectivity index (χ2n) is 4.38. The molecule has 1 aromatic rings. The lowest BCUT2D eigenvalue weighted by atomic mass is 9.87. The monoisotopic (exact) mass is 409 g/mol. The third kappa shape index (κ3) is 3.43. The van der Waals surface area contributed by atoms with E-state index in [1.165, 1.54) is 13.6 Å². The summed E-state index contributed by atoms with van der Waals surface area (Å²) in [5, 5.41) is 3.47. The predicted octanol–water partition coefficient (Wildman–Crippen LogP) is 3.74. The minimum Gasteiger partial charge on any atom is -0.381 e. The van der Waals surface area contributed by atoms with Gasteiger partial charge in [-0.05, 0) is 72.2 Å². The van der Waals surface area contributed by atoms with E-state index >= 15 is 0 Å². The minimum atomic E-state index is 0.419. The summed E-state index contributed by atoms with van der Waals surface area (Å²) in [6.07, 6.45) is 2.28. The van der Waals surface area contributed by atoms with Crippen LogP contribution in [0.5, 0.6) is 0 Å². The Kier molecular flexibility index (Phi) is 5.26. The fourth-order valence-corrected chi connectivity index (χ4v) is 3.46. The Hall–Kier alpha value is 0.350. The van der Waals surface area contributed by atoms with Gasteiger partial charge in [0.1, 0.15) is 0 Å². The molecule has 1 unspecified atom stereocenters. The van der Waals surface area contributed by atoms with Crippen LogP contribution in [0.4, 0.5) is 0 Å². The van der Waals surface area contributed by atoms with Gasteiger partial charge in [0.2, 0.25) is 0 Å². The summed E-state index contributed by atoms with van der Waals surface area (Å²) in [6.45, 7) is 1.79. The highest BCUT2D eigenvalue weighted by Gasteiger charge is 2.25. The maximum absolute atomic E-state index is 5.44. The highest BCUT2D eigenvalue weighted by Crippen LogP contribution is 2.34. The third-order valence-corrected chi connectivity index (χ3v) is 4.73. The number of benzene rings is 1. The van der Waals surface area contributed by atoms with Crippen molar-refractivity contribution in [2.45, 2.75) is 18.9 Å². The van der Waals surface area contributed by atoms with Gasteiger partial charge in [0.25, 0.3) is 0 Å². The molecule has 2 nitrogen and oxygen atoms in total. The van der Waals surface area contributed by atoms with Gasteiger partial charge in [0, 0.05) is 27.3 Å². The van der Waals surface area contributed by atoms with Crippen LogP contribution in [0, 0.1) is 9.49 Å². The first-order valence-electron chi connectivity index (χ1n) is 5.92. The van der Waals surface area contributed by atoms with Crippen LogP contribution >= 0.6 is 38.5 Å². The van der Waals surface area contributed by atoms with Crippen molar-refractivity contribution in [3.05, 3.63) is 31.8 Å². The van der Waals surface area contributed by atoms with Crippen molar-refractivity contribution in [2.75, 3.05) is 20.3 Å². The normalized spacial score (nSPS) is 19.2. The third-order valence-electron chi connectivity index (χ3n) is 3.34. The van der Waals surface area contributed by atoms with Crippen LogP contribution < -0.4 is 5.32 Å². The molecule has 1 atom stereocenters. The van der Waals surface area contributed by atoms with Crippen LogP contribution in [0.1, 0.15) is 24.4 Å². The van der Waals surface area contributed by atoms with Crippen LogP contribution in [-0.4, -0.2) is 20.3 Å². The van der Waals surface area contributed by atoms with Gasteiger partial charge in [-0.3, -0.25) is 0 Å². The number of nitrogens with one attached hydrogen (secondary N) is 1. The van der Waals surface area contributed by atoms with E-state index in [4.69, 9.17) is 4.74 Å². The van der Waals surface area contributed by atoms with E-state index in [0.717, 1.165) is 26.1 Å². The molecule has 0 bridgehead atoms. The fourth-order valence-electron chi connectivity index (χ4n) is 2.45. The SMILES string of the molecule is CNC(c1cc(I)ccc1Br)C1CCOCC1. The molecule has 0 aliphatic carbocycles. The molecule has 1 aromatic carbocycles. The van der Waals surface area contributed by atoms with E-state index in [1.807, 2.05) is 7.05 Å². The van der Waals surface area contributed by atoms with Gasteiger partial charge in [-0.1, -0.05) is 15.9 Å². The predicted molar refractivity (Wildman–Crippen MR) is 82.2 cm³/mol. The first-order valence-corrected chi connectivity index (χ1v) is 7.79. The van der Waals surface area contributed by atoms with Gasteiger partial charge < -0.3 is 10.1 Å². The van der Waals surface area contributed by atoms with Crippen molar-refractivity contribution in [3.8, 4) is 0 Å². The molecule has 1 fully saturated rings. The lowest BCUT2D eigenvalue weighted by molar-refractivity contribution is 0.0545. The molecule has 1 aliphatic rings. The summed E-state index contributed by atoms with van der Waals surface area (Å²) < 4.78 is 7.93. The summed E-state index contributed by atoms with van der Waals surface area (Å²) in [4.78, 5) is 0. The van der Waals surface area contributed by atoms with E-state index in [0.29, 0.717) is 12.0 Å². The molecule has 1 N–H and O–H groups in total. The van der Waals surface area contributed by atoms with Gasteiger partial charge in [0.15, 0.2) is 0 Å². The molecule has 94 valence electrons. The maximum Gasteiger partial charge on any atom is 0.0469 e. The van der Waals surface area contributed by atoms with E-state index < -0.39 is 0 Å². The topological polar surface area (TPSA) is 21.3 Å². The van der Waals surface area contributed by atoms with Crippen molar-refractivity contribution in [2.24, 2.45) is 5.92 Å². The van der Waals surface area contributed by atoms with Crippen molar-refractivity contribution in [3.63, 3.8) is 0 Å². The van der Waals surface area contributed by atoms with Crippen LogP contribution in [-0.2, 0) is 4.74 Å². The maximum atomic E-state index is 5.44. The zero-order valence-corrected chi connectivity index (χ0v) is 13.6. The van der Waals surface area contributed by atoms with Gasteiger partial charge in [-0.25, -0.2) is 0 Å². The molecule has 2 rings (SSSR count). The number of rotatable bonds is 3. The Labute approximate surface area is 125 Å². The lowest BCUT2D eigenvalue weighted by Crippen LogP contribution is -2.30. The number of hydrogen-bond donors (Lipinski definition) is 1.